The van der Waals surface area contributed by atoms with Crippen LogP contribution in [-0.4, -0.2) is 33.8 Å². The van der Waals surface area contributed by atoms with E-state index in [4.69, 9.17) is 23.9 Å². The number of ether oxygens (including phenoxy) is 3. The zero-order chi connectivity index (χ0) is 25.4. The van der Waals surface area contributed by atoms with Crippen LogP contribution in [0.3, 0.4) is 0 Å². The number of fused-ring (bicyclic) bond motifs is 2. The minimum absolute atomic E-state index is 0.338. The molecule has 4 heterocycles. The van der Waals surface area contributed by atoms with Crippen molar-refractivity contribution < 1.29 is 18.6 Å². The summed E-state index contributed by atoms with van der Waals surface area (Å²) in [5.74, 6) is 1.86. The highest BCUT2D eigenvalue weighted by molar-refractivity contribution is 7.18. The quantitative estimate of drug-likeness (QED) is 0.268. The van der Waals surface area contributed by atoms with Crippen molar-refractivity contribution in [2.24, 2.45) is 0 Å². The Labute approximate surface area is 215 Å². The standard InChI is InChI=1S/C27H19N5O4S/c1-33-20-9-23(35-15-16-4-3-5-17(8-16)18-6-7-19(12-28)29-13-18)21-11-25(36-24(21)10-20)22-14-32-26(30-22)37-27(31-32)34-2/h3-11,13-14H,15H2,1-2H3. The molecule has 0 spiro atoms. The Hall–Kier alpha value is -4.88. The molecule has 10 heteroatoms. The lowest BCUT2D eigenvalue weighted by Crippen LogP contribution is -1.97. The van der Waals surface area contributed by atoms with Gasteiger partial charge in [0.1, 0.15) is 41.1 Å². The SMILES string of the molecule is COc1cc(OCc2cccc(-c3ccc(C#N)nc3)c2)c2cc(-c3cn4nc(OC)sc4n3)oc2c1. The van der Waals surface area contributed by atoms with E-state index >= 15 is 0 Å². The number of nitrogens with zero attached hydrogens (tertiary/aromatic N) is 5. The molecule has 0 aliphatic heterocycles. The maximum atomic E-state index is 8.99. The van der Waals surface area contributed by atoms with E-state index in [0.717, 1.165) is 22.1 Å². The van der Waals surface area contributed by atoms with Crippen LogP contribution >= 0.6 is 11.3 Å². The van der Waals surface area contributed by atoms with Gasteiger partial charge >= 0.3 is 0 Å². The Kier molecular flexibility index (Phi) is 5.67. The first-order valence-electron chi connectivity index (χ1n) is 11.2. The van der Waals surface area contributed by atoms with E-state index in [1.807, 2.05) is 54.6 Å². The summed E-state index contributed by atoms with van der Waals surface area (Å²) in [6.07, 6.45) is 3.50. The van der Waals surface area contributed by atoms with Crippen LogP contribution in [0.1, 0.15) is 11.3 Å². The molecule has 0 aliphatic rings. The summed E-state index contributed by atoms with van der Waals surface area (Å²) in [6.45, 7) is 0.338. The number of benzene rings is 2. The summed E-state index contributed by atoms with van der Waals surface area (Å²) in [6, 6.07) is 19.2. The molecule has 0 saturated heterocycles. The first-order valence-corrected chi connectivity index (χ1v) is 12.1. The van der Waals surface area contributed by atoms with Crippen LogP contribution in [0.2, 0.25) is 0 Å². The Morgan fingerprint density at radius 2 is 1.97 bits per heavy atom. The van der Waals surface area contributed by atoms with Gasteiger partial charge in [0.15, 0.2) is 5.76 Å². The van der Waals surface area contributed by atoms with E-state index in [1.165, 1.54) is 11.3 Å². The van der Waals surface area contributed by atoms with E-state index in [1.54, 1.807) is 37.2 Å². The average molecular weight is 510 g/mol. The maximum Gasteiger partial charge on any atom is 0.294 e. The lowest BCUT2D eigenvalue weighted by Gasteiger charge is -2.10. The lowest BCUT2D eigenvalue weighted by molar-refractivity contribution is 0.307. The fraction of sp³-hybridized carbons (Fsp3) is 0.111. The van der Waals surface area contributed by atoms with E-state index in [2.05, 4.69) is 15.1 Å². The second-order valence-corrected chi connectivity index (χ2v) is 9.02. The average Bonchev–Trinajstić information content (AvgIpc) is 3.65. The fourth-order valence-electron chi connectivity index (χ4n) is 3.96. The molecular weight excluding hydrogens is 490 g/mol. The number of rotatable bonds is 7. The summed E-state index contributed by atoms with van der Waals surface area (Å²) in [7, 11) is 3.18. The molecule has 9 nitrogen and oxygen atoms in total. The van der Waals surface area contributed by atoms with Gasteiger partial charge in [-0.1, -0.05) is 18.2 Å². The molecule has 0 fully saturated rings. The molecule has 0 unspecified atom stereocenters. The topological polar surface area (TPSA) is 108 Å². The summed E-state index contributed by atoms with van der Waals surface area (Å²) in [5, 5.41) is 14.7. The van der Waals surface area contributed by atoms with Crippen molar-refractivity contribution in [3.05, 3.63) is 78.2 Å². The molecule has 0 N–H and O–H groups in total. The van der Waals surface area contributed by atoms with Crippen molar-refractivity contribution in [1.29, 1.82) is 5.26 Å². The van der Waals surface area contributed by atoms with Crippen molar-refractivity contribution in [2.45, 2.75) is 6.61 Å². The van der Waals surface area contributed by atoms with Gasteiger partial charge in [-0.25, -0.2) is 14.5 Å². The number of nitriles is 1. The zero-order valence-corrected chi connectivity index (χ0v) is 20.7. The van der Waals surface area contributed by atoms with Gasteiger partial charge in [-0.15, -0.1) is 5.10 Å². The third kappa shape index (κ3) is 4.32. The van der Waals surface area contributed by atoms with Crippen molar-refractivity contribution in [2.75, 3.05) is 14.2 Å². The van der Waals surface area contributed by atoms with E-state index in [9.17, 15) is 0 Å². The molecule has 0 aliphatic carbocycles. The van der Waals surface area contributed by atoms with E-state index in [0.29, 0.717) is 51.0 Å². The van der Waals surface area contributed by atoms with Crippen molar-refractivity contribution in [1.82, 2.24) is 19.6 Å². The van der Waals surface area contributed by atoms with Gasteiger partial charge < -0.3 is 18.6 Å². The lowest BCUT2D eigenvalue weighted by atomic mass is 10.0. The molecule has 6 rings (SSSR count). The van der Waals surface area contributed by atoms with Crippen LogP contribution < -0.4 is 14.2 Å². The van der Waals surface area contributed by atoms with Crippen LogP contribution in [0, 0.1) is 11.3 Å². The van der Waals surface area contributed by atoms with Crippen LogP contribution in [0.15, 0.2) is 71.4 Å². The third-order valence-electron chi connectivity index (χ3n) is 5.79. The number of hydrogen-bond donors (Lipinski definition) is 0. The molecular formula is C27H19N5O4S. The van der Waals surface area contributed by atoms with E-state index < -0.39 is 0 Å². The van der Waals surface area contributed by atoms with Crippen LogP contribution in [-0.2, 0) is 6.61 Å². The Balaban J connectivity index is 1.29. The van der Waals surface area contributed by atoms with Crippen molar-refractivity contribution in [3.8, 4) is 45.3 Å². The number of hydrogen-bond acceptors (Lipinski definition) is 9. The fourth-order valence-corrected chi connectivity index (χ4v) is 4.66. The number of methoxy groups -OCH3 is 2. The Bertz CT molecular complexity index is 1750. The summed E-state index contributed by atoms with van der Waals surface area (Å²) in [5.41, 5.74) is 4.57. The largest absolute Gasteiger partial charge is 0.496 e. The minimum atomic E-state index is 0.338. The van der Waals surface area contributed by atoms with Crippen molar-refractivity contribution >= 4 is 27.3 Å². The number of furan rings is 1. The highest BCUT2D eigenvalue weighted by Gasteiger charge is 2.17. The summed E-state index contributed by atoms with van der Waals surface area (Å²) in [4.78, 5) is 9.48. The second kappa shape index (κ2) is 9.29. The number of pyridine rings is 1. The van der Waals surface area contributed by atoms with Crippen molar-refractivity contribution in [3.63, 3.8) is 0 Å². The zero-order valence-electron chi connectivity index (χ0n) is 19.8. The predicted molar refractivity (Wildman–Crippen MR) is 138 cm³/mol. The second-order valence-electron chi connectivity index (χ2n) is 8.11. The first kappa shape index (κ1) is 22.6. The van der Waals surface area contributed by atoms with E-state index in [-0.39, 0.29) is 0 Å². The highest BCUT2D eigenvalue weighted by atomic mass is 32.1. The van der Waals surface area contributed by atoms with Gasteiger partial charge in [0.05, 0.1) is 25.8 Å². The van der Waals surface area contributed by atoms with Crippen LogP contribution in [0.25, 0.3) is 38.5 Å². The predicted octanol–water partition coefficient (Wildman–Crippen LogP) is 5.73. The Morgan fingerprint density at radius 1 is 1.05 bits per heavy atom. The smallest absolute Gasteiger partial charge is 0.294 e. The Morgan fingerprint density at radius 3 is 2.73 bits per heavy atom. The summed E-state index contributed by atoms with van der Waals surface area (Å²) >= 11 is 1.35. The first-order chi connectivity index (χ1) is 18.1. The molecule has 0 amide bonds. The van der Waals surface area contributed by atoms with Gasteiger partial charge in [-0.3, -0.25) is 0 Å². The molecule has 37 heavy (non-hydrogen) atoms. The molecule has 182 valence electrons. The van der Waals surface area contributed by atoms with Gasteiger partial charge in [-0.05, 0) is 46.7 Å². The van der Waals surface area contributed by atoms with Crippen LogP contribution in [0.4, 0.5) is 0 Å². The number of imidazole rings is 1. The minimum Gasteiger partial charge on any atom is -0.496 e. The van der Waals surface area contributed by atoms with Gasteiger partial charge in [0.25, 0.3) is 5.19 Å². The molecule has 2 aromatic carbocycles. The summed E-state index contributed by atoms with van der Waals surface area (Å²) < 4.78 is 24.7. The maximum absolute atomic E-state index is 8.99. The molecule has 0 atom stereocenters. The molecule has 0 bridgehead atoms. The number of aromatic nitrogens is 4. The molecule has 0 radical (unpaired) electrons. The van der Waals surface area contributed by atoms with Gasteiger partial charge in [-0.2, -0.15) is 5.26 Å². The van der Waals surface area contributed by atoms with Gasteiger partial charge in [0, 0.05) is 23.9 Å². The monoisotopic (exact) mass is 509 g/mol. The van der Waals surface area contributed by atoms with Crippen LogP contribution in [0.5, 0.6) is 16.7 Å². The molecule has 6 aromatic rings. The molecule has 4 aromatic heterocycles. The third-order valence-corrected chi connectivity index (χ3v) is 6.68. The molecule has 0 saturated carbocycles. The highest BCUT2D eigenvalue weighted by Crippen LogP contribution is 2.37. The van der Waals surface area contributed by atoms with Gasteiger partial charge in [0.2, 0.25) is 4.96 Å². The normalized spacial score (nSPS) is 11.1.